The van der Waals surface area contributed by atoms with E-state index in [0.717, 1.165) is 13.2 Å². The molecule has 8 nitrogen and oxygen atoms in total. The summed E-state index contributed by atoms with van der Waals surface area (Å²) in [4.78, 5) is 21.7. The molecule has 0 unspecified atom stereocenters. The van der Waals surface area contributed by atoms with Crippen LogP contribution in [0.1, 0.15) is 5.56 Å². The van der Waals surface area contributed by atoms with Gasteiger partial charge in [-0.3, -0.25) is 10.1 Å². The number of nitriles is 1. The lowest BCUT2D eigenvalue weighted by Gasteiger charge is -2.02. The normalized spacial score (nSPS) is 12.7. The smallest absolute Gasteiger partial charge is 0.348 e. The molecule has 1 aliphatic rings. The van der Waals surface area contributed by atoms with E-state index in [0.29, 0.717) is 5.75 Å². The summed E-state index contributed by atoms with van der Waals surface area (Å²) in [5, 5.41) is 19.9. The van der Waals surface area contributed by atoms with Crippen molar-refractivity contribution in [3.63, 3.8) is 0 Å². The van der Waals surface area contributed by atoms with Gasteiger partial charge in [0.15, 0.2) is 11.5 Å². The Morgan fingerprint density at radius 3 is 2.70 bits per heavy atom. The maximum Gasteiger partial charge on any atom is 0.348 e. The highest BCUT2D eigenvalue weighted by molar-refractivity contribution is 5.98. The molecule has 0 N–H and O–H groups in total. The minimum Gasteiger partial charge on any atom is -0.465 e. The number of carbonyl (C=O) groups is 1. The summed E-state index contributed by atoms with van der Waals surface area (Å²) in [7, 11) is 1.11. The van der Waals surface area contributed by atoms with Crippen molar-refractivity contribution in [1.29, 1.82) is 5.26 Å². The summed E-state index contributed by atoms with van der Waals surface area (Å²) in [5.41, 5.74) is -0.596. The number of methoxy groups -OCH3 is 1. The van der Waals surface area contributed by atoms with Gasteiger partial charge < -0.3 is 14.2 Å². The topological polar surface area (TPSA) is 112 Å². The Morgan fingerprint density at radius 2 is 2.15 bits per heavy atom. The van der Waals surface area contributed by atoms with Crippen LogP contribution < -0.4 is 9.47 Å². The summed E-state index contributed by atoms with van der Waals surface area (Å²) in [6.45, 7) is -0.0399. The lowest BCUT2D eigenvalue weighted by Crippen LogP contribution is -2.03. The lowest BCUT2D eigenvalue weighted by molar-refractivity contribution is -0.385. The number of hydrogen-bond acceptors (Lipinski definition) is 7. The van der Waals surface area contributed by atoms with Gasteiger partial charge in [0.2, 0.25) is 6.79 Å². The summed E-state index contributed by atoms with van der Waals surface area (Å²) in [6, 6.07) is 4.14. The third-order valence-corrected chi connectivity index (χ3v) is 2.54. The molecule has 8 heteroatoms. The van der Waals surface area contributed by atoms with Crippen molar-refractivity contribution in [3.8, 4) is 17.6 Å². The molecule has 1 aromatic carbocycles. The van der Waals surface area contributed by atoms with Gasteiger partial charge in [-0.2, -0.15) is 5.26 Å². The number of nitro benzene ring substituents is 1. The lowest BCUT2D eigenvalue weighted by atomic mass is 10.1. The Balaban J connectivity index is 2.56. The average Bonchev–Trinajstić information content (AvgIpc) is 2.89. The largest absolute Gasteiger partial charge is 0.465 e. The fourth-order valence-electron chi connectivity index (χ4n) is 1.62. The quantitative estimate of drug-likeness (QED) is 0.269. The first kappa shape index (κ1) is 13.4. The molecule has 0 spiro atoms. The Kier molecular flexibility index (Phi) is 3.52. The fraction of sp³-hybridized carbons (Fsp3) is 0.167. The molecule has 20 heavy (non-hydrogen) atoms. The zero-order valence-corrected chi connectivity index (χ0v) is 10.3. The Morgan fingerprint density at radius 1 is 1.50 bits per heavy atom. The Labute approximate surface area is 112 Å². The number of hydrogen-bond donors (Lipinski definition) is 0. The molecule has 0 fully saturated rings. The van der Waals surface area contributed by atoms with Gasteiger partial charge >= 0.3 is 5.97 Å². The summed E-state index contributed by atoms with van der Waals surface area (Å²) in [6.07, 6.45) is 1.08. The molecule has 0 radical (unpaired) electrons. The van der Waals surface area contributed by atoms with Crippen LogP contribution in [0.25, 0.3) is 6.08 Å². The van der Waals surface area contributed by atoms with Crippen molar-refractivity contribution in [2.24, 2.45) is 0 Å². The molecular weight excluding hydrogens is 268 g/mol. The van der Waals surface area contributed by atoms with Crippen LogP contribution in [-0.4, -0.2) is 24.8 Å². The first-order valence-electron chi connectivity index (χ1n) is 5.35. The van der Waals surface area contributed by atoms with Gasteiger partial charge in [-0.15, -0.1) is 0 Å². The molecule has 1 aromatic rings. The number of nitrogens with zero attached hydrogens (tertiary/aromatic N) is 2. The zero-order chi connectivity index (χ0) is 14.7. The van der Waals surface area contributed by atoms with Gasteiger partial charge in [-0.25, -0.2) is 4.79 Å². The zero-order valence-electron chi connectivity index (χ0n) is 10.3. The highest BCUT2D eigenvalue weighted by Crippen LogP contribution is 2.38. The molecule has 0 aliphatic carbocycles. The van der Waals surface area contributed by atoms with E-state index in [1.54, 1.807) is 6.07 Å². The Hall–Kier alpha value is -3.08. The van der Waals surface area contributed by atoms with E-state index in [9.17, 15) is 14.9 Å². The van der Waals surface area contributed by atoms with E-state index in [1.165, 1.54) is 12.1 Å². The van der Waals surface area contributed by atoms with Crippen molar-refractivity contribution < 1.29 is 23.9 Å². The molecule has 0 aromatic heterocycles. The molecular formula is C12H8N2O6. The first-order chi connectivity index (χ1) is 9.56. The van der Waals surface area contributed by atoms with E-state index in [4.69, 9.17) is 14.7 Å². The molecule has 0 bridgehead atoms. The SMILES string of the molecule is COC(=O)/C(C#N)=C\c1cc2c(cc1[N+](=O)[O-])OCO2. The molecule has 0 saturated carbocycles. The van der Waals surface area contributed by atoms with Crippen LogP contribution in [0.3, 0.4) is 0 Å². The second-order valence-corrected chi connectivity index (χ2v) is 3.68. The van der Waals surface area contributed by atoms with Crippen LogP contribution in [0, 0.1) is 21.4 Å². The third-order valence-electron chi connectivity index (χ3n) is 2.54. The minimum atomic E-state index is -0.875. The van der Waals surface area contributed by atoms with Crippen LogP contribution >= 0.6 is 0 Å². The summed E-state index contributed by atoms with van der Waals surface area (Å²) in [5.74, 6) is -0.325. The fourth-order valence-corrected chi connectivity index (χ4v) is 1.62. The van der Waals surface area contributed by atoms with E-state index < -0.39 is 10.9 Å². The van der Waals surface area contributed by atoms with Crippen molar-refractivity contribution in [3.05, 3.63) is 33.4 Å². The number of carbonyl (C=O) groups excluding carboxylic acids is 1. The highest BCUT2D eigenvalue weighted by Gasteiger charge is 2.23. The molecule has 1 aliphatic heterocycles. The number of nitro groups is 1. The van der Waals surface area contributed by atoms with Crippen molar-refractivity contribution in [1.82, 2.24) is 0 Å². The number of fused-ring (bicyclic) bond motifs is 1. The van der Waals surface area contributed by atoms with Crippen LogP contribution in [0.5, 0.6) is 11.5 Å². The average molecular weight is 276 g/mol. The predicted molar refractivity (Wildman–Crippen MR) is 64.8 cm³/mol. The molecule has 2 rings (SSSR count). The molecule has 0 atom stereocenters. The van der Waals surface area contributed by atoms with E-state index in [-0.39, 0.29) is 29.4 Å². The highest BCUT2D eigenvalue weighted by atomic mass is 16.7. The van der Waals surface area contributed by atoms with Gasteiger partial charge in [0, 0.05) is 0 Å². The van der Waals surface area contributed by atoms with Crippen molar-refractivity contribution in [2.45, 2.75) is 0 Å². The van der Waals surface area contributed by atoms with Crippen LogP contribution in [-0.2, 0) is 9.53 Å². The minimum absolute atomic E-state index is 0.0399. The van der Waals surface area contributed by atoms with Gasteiger partial charge in [0.25, 0.3) is 5.69 Å². The molecule has 0 amide bonds. The first-order valence-corrected chi connectivity index (χ1v) is 5.35. The van der Waals surface area contributed by atoms with E-state index >= 15 is 0 Å². The molecule has 1 heterocycles. The molecule has 0 saturated heterocycles. The maximum absolute atomic E-state index is 11.3. The van der Waals surface area contributed by atoms with Gasteiger partial charge in [0.05, 0.1) is 23.7 Å². The van der Waals surface area contributed by atoms with Crippen LogP contribution in [0.2, 0.25) is 0 Å². The third kappa shape index (κ3) is 2.37. The summed E-state index contributed by atoms with van der Waals surface area (Å²) >= 11 is 0. The predicted octanol–water partition coefficient (Wildman–Crippen LogP) is 1.40. The number of benzene rings is 1. The number of esters is 1. The molecule has 102 valence electrons. The maximum atomic E-state index is 11.3. The van der Waals surface area contributed by atoms with Crippen molar-refractivity contribution in [2.75, 3.05) is 13.9 Å². The number of ether oxygens (including phenoxy) is 3. The van der Waals surface area contributed by atoms with E-state index in [1.807, 2.05) is 0 Å². The standard InChI is InChI=1S/C12H8N2O6/c1-18-12(15)8(5-13)2-7-3-10-11(20-6-19-10)4-9(7)14(16)17/h2-4H,6H2,1H3/b8-2-. The van der Waals surface area contributed by atoms with Crippen molar-refractivity contribution >= 4 is 17.7 Å². The van der Waals surface area contributed by atoms with E-state index in [2.05, 4.69) is 4.74 Å². The van der Waals surface area contributed by atoms with Crippen LogP contribution in [0.15, 0.2) is 17.7 Å². The van der Waals surface area contributed by atoms with Gasteiger partial charge in [-0.1, -0.05) is 0 Å². The number of rotatable bonds is 3. The van der Waals surface area contributed by atoms with Crippen LogP contribution in [0.4, 0.5) is 5.69 Å². The Bertz CT molecular complexity index is 659. The summed E-state index contributed by atoms with van der Waals surface area (Å²) < 4.78 is 14.6. The van der Waals surface area contributed by atoms with Gasteiger partial charge in [-0.05, 0) is 12.1 Å². The monoisotopic (exact) mass is 276 g/mol. The second kappa shape index (κ2) is 5.27. The second-order valence-electron chi connectivity index (χ2n) is 3.68. The van der Waals surface area contributed by atoms with Gasteiger partial charge in [0.1, 0.15) is 11.6 Å².